The molecule has 0 amide bonds. The zero-order chi connectivity index (χ0) is 14.5. The fraction of sp³-hybridized carbons (Fsp3) is 0.333. The van der Waals surface area contributed by atoms with Gasteiger partial charge in [0, 0.05) is 12.5 Å². The van der Waals surface area contributed by atoms with E-state index >= 15 is 0 Å². The van der Waals surface area contributed by atoms with Gasteiger partial charge in [0.05, 0.1) is 6.10 Å². The smallest absolute Gasteiger partial charge is 0.119 e. The summed E-state index contributed by atoms with van der Waals surface area (Å²) in [5.41, 5.74) is 2.35. The van der Waals surface area contributed by atoms with Crippen LogP contribution in [0.3, 0.4) is 0 Å². The summed E-state index contributed by atoms with van der Waals surface area (Å²) in [7, 11) is 0. The molecule has 2 aromatic rings. The normalized spacial score (nSPS) is 22.0. The number of hydrogen-bond acceptors (Lipinski definition) is 3. The van der Waals surface area contributed by atoms with Gasteiger partial charge in [0.15, 0.2) is 0 Å². The number of nitrogens with one attached hydrogen (secondary N) is 1. The van der Waals surface area contributed by atoms with Crippen molar-refractivity contribution in [1.29, 1.82) is 0 Å². The van der Waals surface area contributed by atoms with Gasteiger partial charge in [-0.1, -0.05) is 42.5 Å². The molecule has 1 aliphatic rings. The highest BCUT2D eigenvalue weighted by molar-refractivity contribution is 5.30. The van der Waals surface area contributed by atoms with E-state index in [1.54, 1.807) is 0 Å². The van der Waals surface area contributed by atoms with Crippen LogP contribution in [0.1, 0.15) is 23.5 Å². The average molecular weight is 283 g/mol. The van der Waals surface area contributed by atoms with E-state index in [2.05, 4.69) is 29.6 Å². The summed E-state index contributed by atoms with van der Waals surface area (Å²) in [5, 5.41) is 13.3. The Morgan fingerprint density at radius 2 is 1.81 bits per heavy atom. The van der Waals surface area contributed by atoms with Gasteiger partial charge in [-0.25, -0.2) is 0 Å². The summed E-state index contributed by atoms with van der Waals surface area (Å²) in [6, 6.07) is 18.3. The van der Waals surface area contributed by atoms with Gasteiger partial charge in [0.2, 0.25) is 0 Å². The van der Waals surface area contributed by atoms with E-state index in [0.29, 0.717) is 13.2 Å². The van der Waals surface area contributed by atoms with E-state index in [-0.39, 0.29) is 12.0 Å². The topological polar surface area (TPSA) is 41.5 Å². The van der Waals surface area contributed by atoms with Gasteiger partial charge in [-0.15, -0.1) is 0 Å². The standard InChI is InChI=1S/C18H21NO2/c20-18-12-19-11-10-17(18)15-6-8-16(9-7-15)21-13-14-4-2-1-3-5-14/h1-9,17-20H,10-13H2/t17-,18+/m1/s1. The molecule has 0 bridgehead atoms. The molecular weight excluding hydrogens is 262 g/mol. The van der Waals surface area contributed by atoms with Gasteiger partial charge in [-0.05, 0) is 36.2 Å². The molecule has 3 rings (SSSR count). The van der Waals surface area contributed by atoms with Gasteiger partial charge in [0.1, 0.15) is 12.4 Å². The lowest BCUT2D eigenvalue weighted by atomic mass is 9.88. The van der Waals surface area contributed by atoms with Gasteiger partial charge in [-0.3, -0.25) is 0 Å². The van der Waals surface area contributed by atoms with Crippen molar-refractivity contribution in [2.24, 2.45) is 0 Å². The fourth-order valence-corrected chi connectivity index (χ4v) is 2.78. The van der Waals surface area contributed by atoms with Crippen molar-refractivity contribution in [3.63, 3.8) is 0 Å². The molecule has 1 aliphatic heterocycles. The number of β-amino-alcohol motifs (C(OH)–C–C–N with tert-alkyl or cyclic N) is 1. The Morgan fingerprint density at radius 3 is 2.52 bits per heavy atom. The van der Waals surface area contributed by atoms with Crippen LogP contribution in [0.2, 0.25) is 0 Å². The average Bonchev–Trinajstić information content (AvgIpc) is 2.55. The minimum atomic E-state index is -0.296. The van der Waals surface area contributed by atoms with Crippen LogP contribution in [0, 0.1) is 0 Å². The van der Waals surface area contributed by atoms with Crippen LogP contribution in [0.4, 0.5) is 0 Å². The molecule has 1 heterocycles. The Kier molecular flexibility index (Phi) is 4.53. The highest BCUT2D eigenvalue weighted by atomic mass is 16.5. The Morgan fingerprint density at radius 1 is 1.05 bits per heavy atom. The molecule has 0 unspecified atom stereocenters. The molecule has 0 radical (unpaired) electrons. The predicted molar refractivity (Wildman–Crippen MR) is 83.5 cm³/mol. The van der Waals surface area contributed by atoms with E-state index < -0.39 is 0 Å². The maximum atomic E-state index is 10.0. The first-order valence-corrected chi connectivity index (χ1v) is 7.48. The van der Waals surface area contributed by atoms with Crippen LogP contribution in [0.5, 0.6) is 5.75 Å². The highest BCUT2D eigenvalue weighted by Gasteiger charge is 2.24. The molecule has 3 heteroatoms. The molecule has 2 N–H and O–H groups in total. The fourth-order valence-electron chi connectivity index (χ4n) is 2.78. The quantitative estimate of drug-likeness (QED) is 0.906. The summed E-state index contributed by atoms with van der Waals surface area (Å²) in [4.78, 5) is 0. The van der Waals surface area contributed by atoms with Crippen LogP contribution in [-0.2, 0) is 6.61 Å². The van der Waals surface area contributed by atoms with Crippen molar-refractivity contribution in [1.82, 2.24) is 5.32 Å². The maximum absolute atomic E-state index is 10.0. The third-order valence-corrected chi connectivity index (χ3v) is 4.01. The molecule has 1 fully saturated rings. The lowest BCUT2D eigenvalue weighted by Gasteiger charge is -2.28. The van der Waals surface area contributed by atoms with Gasteiger partial charge >= 0.3 is 0 Å². The number of ether oxygens (including phenoxy) is 1. The number of aliphatic hydroxyl groups is 1. The molecule has 21 heavy (non-hydrogen) atoms. The molecule has 0 aliphatic carbocycles. The Hall–Kier alpha value is -1.84. The van der Waals surface area contributed by atoms with Crippen molar-refractivity contribution in [2.45, 2.75) is 25.0 Å². The van der Waals surface area contributed by atoms with Crippen LogP contribution < -0.4 is 10.1 Å². The first kappa shape index (κ1) is 14.1. The third kappa shape index (κ3) is 3.63. The molecule has 1 saturated heterocycles. The van der Waals surface area contributed by atoms with Gasteiger partial charge in [0.25, 0.3) is 0 Å². The molecule has 0 saturated carbocycles. The van der Waals surface area contributed by atoms with Crippen molar-refractivity contribution < 1.29 is 9.84 Å². The molecule has 0 spiro atoms. The monoisotopic (exact) mass is 283 g/mol. The van der Waals surface area contributed by atoms with E-state index in [1.807, 2.05) is 30.3 Å². The summed E-state index contributed by atoms with van der Waals surface area (Å²) in [6.45, 7) is 2.22. The Bertz CT molecular complexity index is 553. The zero-order valence-electron chi connectivity index (χ0n) is 12.0. The lowest BCUT2D eigenvalue weighted by molar-refractivity contribution is 0.118. The maximum Gasteiger partial charge on any atom is 0.119 e. The minimum absolute atomic E-state index is 0.231. The third-order valence-electron chi connectivity index (χ3n) is 4.01. The van der Waals surface area contributed by atoms with Crippen LogP contribution >= 0.6 is 0 Å². The minimum Gasteiger partial charge on any atom is -0.489 e. The van der Waals surface area contributed by atoms with Crippen LogP contribution in [0.25, 0.3) is 0 Å². The summed E-state index contributed by atoms with van der Waals surface area (Å²) in [5.74, 6) is 1.10. The number of rotatable bonds is 4. The Balaban J connectivity index is 1.61. The molecule has 3 nitrogen and oxygen atoms in total. The summed E-state index contributed by atoms with van der Waals surface area (Å²) in [6.07, 6.45) is 0.681. The Labute approximate surface area is 125 Å². The number of aliphatic hydroxyl groups excluding tert-OH is 1. The van der Waals surface area contributed by atoms with Crippen LogP contribution in [0.15, 0.2) is 54.6 Å². The van der Waals surface area contributed by atoms with Gasteiger partial charge < -0.3 is 15.2 Å². The second-order valence-corrected chi connectivity index (χ2v) is 5.51. The van der Waals surface area contributed by atoms with E-state index in [1.165, 1.54) is 5.56 Å². The largest absolute Gasteiger partial charge is 0.489 e. The van der Waals surface area contributed by atoms with E-state index in [0.717, 1.165) is 24.3 Å². The number of piperidine rings is 1. The number of hydrogen-bond donors (Lipinski definition) is 2. The molecule has 0 aromatic heterocycles. The lowest BCUT2D eigenvalue weighted by Crippen LogP contribution is -2.39. The SMILES string of the molecule is O[C@H]1CNCC[C@@H]1c1ccc(OCc2ccccc2)cc1. The second kappa shape index (κ2) is 6.74. The molecule has 110 valence electrons. The van der Waals surface area contributed by atoms with Crippen molar-refractivity contribution in [3.8, 4) is 5.75 Å². The number of benzene rings is 2. The first-order chi connectivity index (χ1) is 10.3. The first-order valence-electron chi connectivity index (χ1n) is 7.48. The molecule has 2 aromatic carbocycles. The van der Waals surface area contributed by atoms with Crippen molar-refractivity contribution in [2.75, 3.05) is 13.1 Å². The predicted octanol–water partition coefficient (Wildman–Crippen LogP) is 2.70. The van der Waals surface area contributed by atoms with Crippen molar-refractivity contribution >= 4 is 0 Å². The summed E-state index contributed by atoms with van der Waals surface area (Å²) < 4.78 is 5.79. The van der Waals surface area contributed by atoms with Crippen LogP contribution in [-0.4, -0.2) is 24.3 Å². The van der Waals surface area contributed by atoms with E-state index in [9.17, 15) is 5.11 Å². The zero-order valence-corrected chi connectivity index (χ0v) is 12.0. The molecular formula is C18H21NO2. The molecule has 2 atom stereocenters. The second-order valence-electron chi connectivity index (χ2n) is 5.51. The van der Waals surface area contributed by atoms with E-state index in [4.69, 9.17) is 4.74 Å². The van der Waals surface area contributed by atoms with Gasteiger partial charge in [-0.2, -0.15) is 0 Å². The van der Waals surface area contributed by atoms with Crippen molar-refractivity contribution in [3.05, 3.63) is 65.7 Å². The summed E-state index contributed by atoms with van der Waals surface area (Å²) >= 11 is 0. The highest BCUT2D eigenvalue weighted by Crippen LogP contribution is 2.27.